The molecule has 0 bridgehead atoms. The van der Waals surface area contributed by atoms with E-state index in [4.69, 9.17) is 9.47 Å². The van der Waals surface area contributed by atoms with Gasteiger partial charge in [0.25, 0.3) is 11.8 Å². The number of rotatable bonds is 11. The number of amides is 2. The molecule has 1 aliphatic rings. The van der Waals surface area contributed by atoms with Crippen LogP contribution in [0.3, 0.4) is 0 Å². The zero-order valence-electron chi connectivity index (χ0n) is 22.0. The molecule has 206 valence electrons. The second-order valence-electron chi connectivity index (χ2n) is 9.30. The highest BCUT2D eigenvalue weighted by atomic mass is 32.2. The fourth-order valence-corrected chi connectivity index (χ4v) is 5.38. The number of hydrogen-bond acceptors (Lipinski definition) is 6. The van der Waals surface area contributed by atoms with E-state index in [-0.39, 0.29) is 35.9 Å². The van der Waals surface area contributed by atoms with Gasteiger partial charge in [-0.1, -0.05) is 49.4 Å². The van der Waals surface area contributed by atoms with Crippen molar-refractivity contribution in [3.8, 4) is 11.5 Å². The fourth-order valence-electron chi connectivity index (χ4n) is 4.05. The van der Waals surface area contributed by atoms with Gasteiger partial charge in [0.05, 0.1) is 17.1 Å². The Hall–Kier alpha value is -3.89. The summed E-state index contributed by atoms with van der Waals surface area (Å²) in [6.07, 6.45) is 0.478. The molecule has 0 radical (unpaired) electrons. The molecule has 0 saturated heterocycles. The third kappa shape index (κ3) is 7.36. The third-order valence-corrected chi connectivity index (χ3v) is 7.99. The first kappa shape index (κ1) is 28.1. The number of fused-ring (bicyclic) bond motifs is 1. The average molecular weight is 552 g/mol. The molecule has 4 rings (SSSR count). The SMILES string of the molecule is CC[C@H](C)NS(=O)(=O)c1ccc(OCC(=O)N2C[C@@H](C(=O)NCCc3ccccc3)Oc3ccccc32)cc1. The Balaban J connectivity index is 1.37. The van der Waals surface area contributed by atoms with Crippen LogP contribution in [-0.2, 0) is 26.0 Å². The molecule has 0 spiro atoms. The summed E-state index contributed by atoms with van der Waals surface area (Å²) in [5.74, 6) is 0.121. The van der Waals surface area contributed by atoms with Crippen LogP contribution in [-0.4, -0.2) is 52.1 Å². The third-order valence-electron chi connectivity index (χ3n) is 6.39. The molecule has 0 aromatic heterocycles. The molecule has 2 amide bonds. The molecule has 2 N–H and O–H groups in total. The summed E-state index contributed by atoms with van der Waals surface area (Å²) in [6, 6.07) is 22.6. The summed E-state index contributed by atoms with van der Waals surface area (Å²) >= 11 is 0. The quantitative estimate of drug-likeness (QED) is 0.378. The van der Waals surface area contributed by atoms with Gasteiger partial charge in [0.15, 0.2) is 12.7 Å². The predicted octanol–water partition coefficient (Wildman–Crippen LogP) is 3.30. The highest BCUT2D eigenvalue weighted by molar-refractivity contribution is 7.89. The Morgan fingerprint density at radius 2 is 1.72 bits per heavy atom. The van der Waals surface area contributed by atoms with Gasteiger partial charge in [-0.25, -0.2) is 13.1 Å². The Morgan fingerprint density at radius 3 is 2.44 bits per heavy atom. The van der Waals surface area contributed by atoms with E-state index in [2.05, 4.69) is 10.0 Å². The molecule has 0 unspecified atom stereocenters. The molecule has 0 saturated carbocycles. The molecule has 1 heterocycles. The lowest BCUT2D eigenvalue weighted by molar-refractivity contribution is -0.128. The predicted molar refractivity (Wildman–Crippen MR) is 148 cm³/mol. The van der Waals surface area contributed by atoms with Crippen LogP contribution in [0.15, 0.2) is 83.8 Å². The second-order valence-corrected chi connectivity index (χ2v) is 11.0. The van der Waals surface area contributed by atoms with Crippen molar-refractivity contribution in [1.82, 2.24) is 10.0 Å². The van der Waals surface area contributed by atoms with E-state index < -0.39 is 16.1 Å². The minimum absolute atomic E-state index is 0.0365. The Bertz CT molecular complexity index is 1380. The van der Waals surface area contributed by atoms with Crippen LogP contribution in [0.1, 0.15) is 25.8 Å². The van der Waals surface area contributed by atoms with Crippen LogP contribution < -0.4 is 24.4 Å². The summed E-state index contributed by atoms with van der Waals surface area (Å²) in [5.41, 5.74) is 1.66. The topological polar surface area (TPSA) is 114 Å². The van der Waals surface area contributed by atoms with Crippen molar-refractivity contribution in [3.63, 3.8) is 0 Å². The first-order valence-corrected chi connectivity index (χ1v) is 14.4. The van der Waals surface area contributed by atoms with Crippen LogP contribution in [0, 0.1) is 0 Å². The number of nitrogens with one attached hydrogen (secondary N) is 2. The van der Waals surface area contributed by atoms with Gasteiger partial charge in [-0.3, -0.25) is 9.59 Å². The summed E-state index contributed by atoms with van der Waals surface area (Å²) in [5, 5.41) is 2.89. The highest BCUT2D eigenvalue weighted by Crippen LogP contribution is 2.33. The number of benzene rings is 3. The first-order chi connectivity index (χ1) is 18.8. The van der Waals surface area contributed by atoms with E-state index in [0.29, 0.717) is 36.6 Å². The van der Waals surface area contributed by atoms with Crippen molar-refractivity contribution >= 4 is 27.5 Å². The first-order valence-electron chi connectivity index (χ1n) is 12.9. The van der Waals surface area contributed by atoms with Gasteiger partial charge in [0.2, 0.25) is 10.0 Å². The molecular weight excluding hydrogens is 518 g/mol. The summed E-state index contributed by atoms with van der Waals surface area (Å²) < 4.78 is 39.1. The molecule has 39 heavy (non-hydrogen) atoms. The minimum Gasteiger partial charge on any atom is -0.484 e. The van der Waals surface area contributed by atoms with Crippen molar-refractivity contribution in [2.45, 2.75) is 43.7 Å². The molecule has 3 aromatic carbocycles. The highest BCUT2D eigenvalue weighted by Gasteiger charge is 2.33. The van der Waals surface area contributed by atoms with Gasteiger partial charge in [0, 0.05) is 12.6 Å². The largest absolute Gasteiger partial charge is 0.484 e. The van der Waals surface area contributed by atoms with Crippen molar-refractivity contribution in [1.29, 1.82) is 0 Å². The van der Waals surface area contributed by atoms with E-state index >= 15 is 0 Å². The van der Waals surface area contributed by atoms with Crippen LogP contribution >= 0.6 is 0 Å². The van der Waals surface area contributed by atoms with E-state index in [0.717, 1.165) is 5.56 Å². The number of para-hydroxylation sites is 2. The van der Waals surface area contributed by atoms with Gasteiger partial charge in [-0.15, -0.1) is 0 Å². The van der Waals surface area contributed by atoms with Gasteiger partial charge < -0.3 is 19.7 Å². The Labute approximate surface area is 229 Å². The zero-order valence-corrected chi connectivity index (χ0v) is 22.8. The molecule has 0 fully saturated rings. The number of nitrogens with zero attached hydrogens (tertiary/aromatic N) is 1. The normalized spacial score (nSPS) is 15.5. The van der Waals surface area contributed by atoms with Gasteiger partial charge in [0.1, 0.15) is 11.5 Å². The summed E-state index contributed by atoms with van der Waals surface area (Å²) in [4.78, 5) is 27.7. The van der Waals surface area contributed by atoms with Crippen LogP contribution in [0.4, 0.5) is 5.69 Å². The molecule has 0 aliphatic carbocycles. The van der Waals surface area contributed by atoms with Crippen molar-refractivity contribution in [3.05, 3.63) is 84.4 Å². The van der Waals surface area contributed by atoms with E-state index in [1.54, 1.807) is 31.2 Å². The Morgan fingerprint density at radius 1 is 1.03 bits per heavy atom. The number of ether oxygens (including phenoxy) is 2. The monoisotopic (exact) mass is 551 g/mol. The van der Waals surface area contributed by atoms with Crippen LogP contribution in [0.2, 0.25) is 0 Å². The average Bonchev–Trinajstić information content (AvgIpc) is 2.95. The fraction of sp³-hybridized carbons (Fsp3) is 0.310. The van der Waals surface area contributed by atoms with Gasteiger partial charge in [-0.2, -0.15) is 0 Å². The maximum Gasteiger partial charge on any atom is 0.265 e. The molecule has 3 aromatic rings. The number of hydrogen-bond donors (Lipinski definition) is 2. The number of anilines is 1. The number of carbonyl (C=O) groups excluding carboxylic acids is 2. The molecular formula is C29H33N3O6S. The molecule has 1 aliphatic heterocycles. The lowest BCUT2D eigenvalue weighted by Crippen LogP contribution is -2.52. The van der Waals surface area contributed by atoms with Gasteiger partial charge >= 0.3 is 0 Å². The maximum atomic E-state index is 13.2. The Kier molecular flexibility index (Phi) is 9.21. The van der Waals surface area contributed by atoms with Gasteiger partial charge in [-0.05, 0) is 61.7 Å². The maximum absolute atomic E-state index is 13.2. The van der Waals surface area contributed by atoms with E-state index in [1.165, 1.54) is 29.2 Å². The van der Waals surface area contributed by atoms with Crippen LogP contribution in [0.25, 0.3) is 0 Å². The zero-order chi connectivity index (χ0) is 27.8. The lowest BCUT2D eigenvalue weighted by atomic mass is 10.1. The smallest absolute Gasteiger partial charge is 0.265 e. The molecule has 2 atom stereocenters. The summed E-state index contributed by atoms with van der Waals surface area (Å²) in [6.45, 7) is 3.88. The van der Waals surface area contributed by atoms with E-state index in [1.807, 2.05) is 37.3 Å². The van der Waals surface area contributed by atoms with E-state index in [9.17, 15) is 18.0 Å². The summed E-state index contributed by atoms with van der Waals surface area (Å²) in [7, 11) is -3.64. The number of carbonyl (C=O) groups is 2. The number of sulfonamides is 1. The molecule has 9 nitrogen and oxygen atoms in total. The second kappa shape index (κ2) is 12.8. The van der Waals surface area contributed by atoms with Crippen LogP contribution in [0.5, 0.6) is 11.5 Å². The van der Waals surface area contributed by atoms with Crippen molar-refractivity contribution in [2.24, 2.45) is 0 Å². The standard InChI is InChI=1S/C29H33N3O6S/c1-3-21(2)31-39(35,36)24-15-13-23(14-16-24)37-20-28(33)32-19-27(38-26-12-8-7-11-25(26)32)29(34)30-18-17-22-9-5-4-6-10-22/h4-16,21,27,31H,3,17-20H2,1-2H3,(H,30,34)/t21-,27-/m0/s1. The van der Waals surface area contributed by atoms with Crippen molar-refractivity contribution < 1.29 is 27.5 Å². The minimum atomic E-state index is -3.64. The molecule has 10 heteroatoms. The lowest BCUT2D eigenvalue weighted by Gasteiger charge is -2.34. The van der Waals surface area contributed by atoms with Crippen molar-refractivity contribution in [2.75, 3.05) is 24.6 Å².